The number of rotatable bonds is 3. The number of nitrogens with one attached hydrogen (secondary N) is 1. The Hall–Kier alpha value is -2.23. The van der Waals surface area contributed by atoms with Crippen molar-refractivity contribution in [1.82, 2.24) is 19.5 Å². The van der Waals surface area contributed by atoms with Gasteiger partial charge in [0.05, 0.1) is 25.0 Å². The van der Waals surface area contributed by atoms with Crippen molar-refractivity contribution in [2.24, 2.45) is 5.92 Å². The monoisotopic (exact) mass is 307 g/mol. The normalized spacial score (nSPS) is 31.7. The first-order valence-electron chi connectivity index (χ1n) is 6.73. The average Bonchev–Trinajstić information content (AvgIpc) is 3.00. The molecule has 1 aliphatic heterocycles. The van der Waals surface area contributed by atoms with Crippen molar-refractivity contribution in [1.29, 1.82) is 0 Å². The van der Waals surface area contributed by atoms with Crippen LogP contribution in [0.3, 0.4) is 0 Å². The van der Waals surface area contributed by atoms with Crippen molar-refractivity contribution in [3.63, 3.8) is 0 Å². The molecule has 22 heavy (non-hydrogen) atoms. The first-order chi connectivity index (χ1) is 10.4. The summed E-state index contributed by atoms with van der Waals surface area (Å²) in [6.45, 7) is 4.94. The molecule has 118 valence electrons. The van der Waals surface area contributed by atoms with Crippen LogP contribution < -0.4 is 11.3 Å². The number of hydrogen-bond donors (Lipinski definition) is 4. The molecule has 9 nitrogen and oxygen atoms in total. The van der Waals surface area contributed by atoms with Gasteiger partial charge in [-0.2, -0.15) is 4.98 Å². The Labute approximate surface area is 125 Å². The molecular formula is C13H17N5O4. The Morgan fingerprint density at radius 1 is 1.68 bits per heavy atom. The molecule has 9 heteroatoms. The van der Waals surface area contributed by atoms with E-state index < -0.39 is 29.4 Å². The quantitative estimate of drug-likeness (QED) is 0.541. The van der Waals surface area contributed by atoms with Crippen LogP contribution in [0, 0.1) is 5.92 Å². The fraction of sp³-hybridized carbons (Fsp3) is 0.462. The van der Waals surface area contributed by atoms with Gasteiger partial charge in [-0.05, 0) is 6.92 Å². The van der Waals surface area contributed by atoms with Crippen LogP contribution in [0.15, 0.2) is 23.8 Å². The van der Waals surface area contributed by atoms with Gasteiger partial charge in [0.25, 0.3) is 5.56 Å². The fourth-order valence-electron chi connectivity index (χ4n) is 2.73. The molecule has 1 aliphatic rings. The summed E-state index contributed by atoms with van der Waals surface area (Å²) in [5.74, 6) is -0.547. The molecule has 2 aromatic rings. The number of aliphatic hydroxyl groups is 2. The first-order valence-corrected chi connectivity index (χ1v) is 6.73. The Kier molecular flexibility index (Phi) is 3.28. The topological polar surface area (TPSA) is 139 Å². The Morgan fingerprint density at radius 3 is 3.05 bits per heavy atom. The van der Waals surface area contributed by atoms with Crippen LogP contribution in [-0.4, -0.2) is 48.0 Å². The van der Waals surface area contributed by atoms with Crippen molar-refractivity contribution < 1.29 is 14.9 Å². The molecule has 0 aromatic carbocycles. The third-order valence-electron chi connectivity index (χ3n) is 4.02. The van der Waals surface area contributed by atoms with Crippen LogP contribution in [0.25, 0.3) is 11.2 Å². The van der Waals surface area contributed by atoms with Crippen molar-refractivity contribution in [3.8, 4) is 0 Å². The van der Waals surface area contributed by atoms with Crippen LogP contribution in [0.5, 0.6) is 0 Å². The number of nitrogens with zero attached hydrogens (tertiary/aromatic N) is 3. The van der Waals surface area contributed by atoms with E-state index in [-0.39, 0.29) is 23.7 Å². The Balaban J connectivity index is 2.15. The molecule has 0 aliphatic carbocycles. The van der Waals surface area contributed by atoms with Gasteiger partial charge in [0.2, 0.25) is 5.95 Å². The second-order valence-electron chi connectivity index (χ2n) is 5.51. The van der Waals surface area contributed by atoms with Crippen LogP contribution >= 0.6 is 0 Å². The maximum atomic E-state index is 11.8. The van der Waals surface area contributed by atoms with Crippen LogP contribution in [0.1, 0.15) is 13.2 Å². The van der Waals surface area contributed by atoms with Crippen LogP contribution in [-0.2, 0) is 4.74 Å². The lowest BCUT2D eigenvalue weighted by Crippen LogP contribution is -2.41. The lowest BCUT2D eigenvalue weighted by molar-refractivity contribution is -0.115. The molecule has 0 saturated carbocycles. The molecule has 1 saturated heterocycles. The molecule has 0 radical (unpaired) electrons. The zero-order valence-corrected chi connectivity index (χ0v) is 11.9. The predicted octanol–water partition coefficient (Wildman–Crippen LogP) is -0.855. The minimum absolute atomic E-state index is 0.0436. The highest BCUT2D eigenvalue weighted by Crippen LogP contribution is 2.42. The molecule has 4 atom stereocenters. The Morgan fingerprint density at radius 2 is 2.41 bits per heavy atom. The van der Waals surface area contributed by atoms with E-state index in [0.717, 1.165) is 0 Å². The molecule has 3 rings (SSSR count). The molecule has 0 unspecified atom stereocenters. The third kappa shape index (κ3) is 1.94. The SMILES string of the molecule is C=C[C@@H]1[C@H](n2cnc3c(=O)[nH]c(N)nc32)O[C@](C)(CO)[C@H]1O. The van der Waals surface area contributed by atoms with Gasteiger partial charge in [0.1, 0.15) is 11.8 Å². The van der Waals surface area contributed by atoms with Crippen LogP contribution in [0.4, 0.5) is 5.95 Å². The van der Waals surface area contributed by atoms with E-state index in [1.165, 1.54) is 10.9 Å². The molecule has 1 fully saturated rings. The van der Waals surface area contributed by atoms with Crippen LogP contribution in [0.2, 0.25) is 0 Å². The average molecular weight is 307 g/mol. The van der Waals surface area contributed by atoms with Gasteiger partial charge >= 0.3 is 0 Å². The number of hydrogen-bond acceptors (Lipinski definition) is 7. The van der Waals surface area contributed by atoms with E-state index >= 15 is 0 Å². The zero-order valence-electron chi connectivity index (χ0n) is 11.9. The smallest absolute Gasteiger partial charge is 0.280 e. The molecular weight excluding hydrogens is 290 g/mol. The summed E-state index contributed by atoms with van der Waals surface area (Å²) < 4.78 is 7.32. The number of aromatic nitrogens is 4. The number of nitrogen functional groups attached to an aromatic ring is 1. The van der Waals surface area contributed by atoms with Gasteiger partial charge in [-0.3, -0.25) is 14.3 Å². The molecule has 3 heterocycles. The largest absolute Gasteiger partial charge is 0.393 e. The number of aromatic amines is 1. The number of aliphatic hydroxyl groups excluding tert-OH is 2. The number of fused-ring (bicyclic) bond motifs is 1. The van der Waals surface area contributed by atoms with E-state index in [1.54, 1.807) is 13.0 Å². The summed E-state index contributed by atoms with van der Waals surface area (Å²) in [5.41, 5.74) is 4.32. The first kappa shape index (κ1) is 14.7. The zero-order chi connectivity index (χ0) is 16.1. The highest BCUT2D eigenvalue weighted by Gasteiger charge is 2.51. The second kappa shape index (κ2) is 4.90. The lowest BCUT2D eigenvalue weighted by Gasteiger charge is -2.25. The third-order valence-corrected chi connectivity index (χ3v) is 4.02. The van der Waals surface area contributed by atoms with Gasteiger partial charge in [0, 0.05) is 0 Å². The van der Waals surface area contributed by atoms with E-state index in [4.69, 9.17) is 10.5 Å². The maximum Gasteiger partial charge on any atom is 0.280 e. The van der Waals surface area contributed by atoms with Crippen molar-refractivity contribution in [2.45, 2.75) is 24.9 Å². The van der Waals surface area contributed by atoms with Gasteiger partial charge in [0.15, 0.2) is 11.2 Å². The molecule has 0 amide bonds. The number of imidazole rings is 1. The summed E-state index contributed by atoms with van der Waals surface area (Å²) >= 11 is 0. The number of anilines is 1. The summed E-state index contributed by atoms with van der Waals surface area (Å²) in [5, 5.41) is 19.8. The molecule has 5 N–H and O–H groups in total. The van der Waals surface area contributed by atoms with E-state index in [0.29, 0.717) is 0 Å². The minimum atomic E-state index is -1.15. The molecule has 0 bridgehead atoms. The van der Waals surface area contributed by atoms with E-state index in [2.05, 4.69) is 21.5 Å². The second-order valence-corrected chi connectivity index (χ2v) is 5.51. The summed E-state index contributed by atoms with van der Waals surface area (Å²) in [7, 11) is 0. The van der Waals surface area contributed by atoms with Crippen molar-refractivity contribution in [3.05, 3.63) is 29.3 Å². The van der Waals surface area contributed by atoms with Crippen molar-refractivity contribution in [2.75, 3.05) is 12.3 Å². The van der Waals surface area contributed by atoms with Gasteiger partial charge < -0.3 is 20.7 Å². The highest BCUT2D eigenvalue weighted by molar-refractivity contribution is 5.70. The number of nitrogens with two attached hydrogens (primary N) is 1. The number of H-pyrrole nitrogens is 1. The molecule has 0 spiro atoms. The van der Waals surface area contributed by atoms with Gasteiger partial charge in [-0.15, -0.1) is 6.58 Å². The summed E-state index contributed by atoms with van der Waals surface area (Å²) in [4.78, 5) is 22.3. The minimum Gasteiger partial charge on any atom is -0.393 e. The number of ether oxygens (including phenoxy) is 1. The van der Waals surface area contributed by atoms with E-state index in [9.17, 15) is 15.0 Å². The standard InChI is InChI=1S/C13H17N5O4/c1-3-6-8(20)13(2,4-19)22-11(6)18-5-15-7-9(18)16-12(14)17-10(7)21/h3,5-6,8,11,19-20H,1,4H2,2H3,(H3,14,16,17,21)/t6-,8-,11+,13+/m0/s1. The summed E-state index contributed by atoms with van der Waals surface area (Å²) in [6.07, 6.45) is 1.27. The molecule has 2 aromatic heterocycles. The lowest BCUT2D eigenvalue weighted by atomic mass is 9.92. The Bertz CT molecular complexity index is 784. The van der Waals surface area contributed by atoms with E-state index in [1.807, 2.05) is 0 Å². The van der Waals surface area contributed by atoms with Gasteiger partial charge in [-0.1, -0.05) is 6.08 Å². The van der Waals surface area contributed by atoms with Crippen molar-refractivity contribution >= 4 is 17.1 Å². The van der Waals surface area contributed by atoms with Gasteiger partial charge in [-0.25, -0.2) is 4.98 Å². The maximum absolute atomic E-state index is 11.8. The predicted molar refractivity (Wildman–Crippen MR) is 77.9 cm³/mol. The fourth-order valence-corrected chi connectivity index (χ4v) is 2.73. The summed E-state index contributed by atoms with van der Waals surface area (Å²) in [6, 6.07) is 0. The highest BCUT2D eigenvalue weighted by atomic mass is 16.6.